The number of aliphatic hydroxyl groups is 1. The van der Waals surface area contributed by atoms with E-state index in [4.69, 9.17) is 5.11 Å². The molecule has 2 aromatic rings. The van der Waals surface area contributed by atoms with Gasteiger partial charge in [0.05, 0.1) is 6.61 Å². The van der Waals surface area contributed by atoms with Crippen LogP contribution in [0.1, 0.15) is 5.56 Å². The van der Waals surface area contributed by atoms with Gasteiger partial charge in [-0.25, -0.2) is 9.07 Å². The Hall–Kier alpha value is -1.47. The second-order valence-electron chi connectivity index (χ2n) is 3.14. The van der Waals surface area contributed by atoms with Crippen LogP contribution in [-0.4, -0.2) is 25.3 Å². The second kappa shape index (κ2) is 4.58. The summed E-state index contributed by atoms with van der Waals surface area (Å²) in [5.74, 6) is -0.385. The molecule has 5 nitrogen and oxygen atoms in total. The minimum absolute atomic E-state index is 0.192. The van der Waals surface area contributed by atoms with Crippen LogP contribution < -0.4 is 0 Å². The number of hydrogen-bond acceptors (Lipinski definition) is 5. The van der Waals surface area contributed by atoms with Gasteiger partial charge in [-0.15, -0.1) is 5.10 Å². The molecule has 0 spiro atoms. The van der Waals surface area contributed by atoms with E-state index < -0.39 is 0 Å². The molecule has 7 heteroatoms. The van der Waals surface area contributed by atoms with Crippen molar-refractivity contribution < 1.29 is 9.50 Å². The minimum Gasteiger partial charge on any atom is -0.392 e. The minimum atomic E-state index is -0.385. The van der Waals surface area contributed by atoms with Crippen molar-refractivity contribution in [2.75, 3.05) is 0 Å². The number of aliphatic hydroxyl groups excluding tert-OH is 1. The molecule has 84 valence electrons. The van der Waals surface area contributed by atoms with Gasteiger partial charge in [0.15, 0.2) is 0 Å². The Morgan fingerprint density at radius 2 is 2.25 bits per heavy atom. The first-order valence-corrected chi connectivity index (χ1v) is 5.31. The molecular formula is C9H9FN4OS. The number of hydrogen-bond donors (Lipinski definition) is 1. The molecule has 0 aliphatic carbocycles. The Labute approximate surface area is 95.3 Å². The van der Waals surface area contributed by atoms with Crippen molar-refractivity contribution in [2.45, 2.75) is 16.7 Å². The highest BCUT2D eigenvalue weighted by atomic mass is 32.2. The quantitative estimate of drug-likeness (QED) is 0.866. The number of nitrogens with zero attached hydrogens (tertiary/aromatic N) is 4. The molecule has 16 heavy (non-hydrogen) atoms. The number of rotatable bonds is 3. The highest BCUT2D eigenvalue weighted by Crippen LogP contribution is 2.26. The summed E-state index contributed by atoms with van der Waals surface area (Å²) < 4.78 is 14.7. The number of halogens is 1. The highest BCUT2D eigenvalue weighted by molar-refractivity contribution is 7.99. The molecule has 0 amide bonds. The molecule has 2 rings (SSSR count). The maximum Gasteiger partial charge on any atom is 0.213 e. The molecule has 1 aromatic carbocycles. The molecule has 0 saturated heterocycles. The van der Waals surface area contributed by atoms with Crippen LogP contribution in [-0.2, 0) is 13.7 Å². The van der Waals surface area contributed by atoms with Crippen LogP contribution >= 0.6 is 11.8 Å². The average Bonchev–Trinajstić information content (AvgIpc) is 2.63. The van der Waals surface area contributed by atoms with Crippen molar-refractivity contribution in [1.82, 2.24) is 20.2 Å². The van der Waals surface area contributed by atoms with Crippen LogP contribution in [0.4, 0.5) is 4.39 Å². The zero-order valence-corrected chi connectivity index (χ0v) is 9.28. The molecule has 0 fully saturated rings. The number of aryl methyl sites for hydroxylation is 1. The first-order valence-electron chi connectivity index (χ1n) is 4.49. The first kappa shape index (κ1) is 11.0. The van der Waals surface area contributed by atoms with E-state index in [0.29, 0.717) is 15.6 Å². The third kappa shape index (κ3) is 2.37. The third-order valence-electron chi connectivity index (χ3n) is 1.90. The number of aromatic nitrogens is 4. The summed E-state index contributed by atoms with van der Waals surface area (Å²) in [6, 6.07) is 4.36. The van der Waals surface area contributed by atoms with E-state index in [1.165, 1.54) is 28.6 Å². The molecule has 1 N–H and O–H groups in total. The average molecular weight is 240 g/mol. The molecule has 0 aliphatic heterocycles. The van der Waals surface area contributed by atoms with Gasteiger partial charge in [-0.1, -0.05) is 0 Å². The van der Waals surface area contributed by atoms with Crippen molar-refractivity contribution in [3.63, 3.8) is 0 Å². The van der Waals surface area contributed by atoms with Crippen LogP contribution in [0.2, 0.25) is 0 Å². The first-order chi connectivity index (χ1) is 7.69. The standard InChI is InChI=1S/C9H9FN4OS/c1-14-9(11-12-13-14)16-8-3-6(5-15)2-7(10)4-8/h2-4,15H,5H2,1H3. The Balaban J connectivity index is 2.28. The molecule has 0 unspecified atom stereocenters. The summed E-state index contributed by atoms with van der Waals surface area (Å²) in [4.78, 5) is 0.655. The smallest absolute Gasteiger partial charge is 0.213 e. The van der Waals surface area contributed by atoms with E-state index in [1.807, 2.05) is 0 Å². The molecule has 1 aromatic heterocycles. The summed E-state index contributed by atoms with van der Waals surface area (Å²) in [6.07, 6.45) is 0. The SMILES string of the molecule is Cn1nnnc1Sc1cc(F)cc(CO)c1. The summed E-state index contributed by atoms with van der Waals surface area (Å²) in [5.41, 5.74) is 0.526. The van der Waals surface area contributed by atoms with Gasteiger partial charge in [0.1, 0.15) is 5.82 Å². The van der Waals surface area contributed by atoms with Gasteiger partial charge in [0.25, 0.3) is 0 Å². The maximum atomic E-state index is 13.2. The van der Waals surface area contributed by atoms with Gasteiger partial charge in [0, 0.05) is 11.9 Å². The van der Waals surface area contributed by atoms with E-state index in [0.717, 1.165) is 0 Å². The van der Waals surface area contributed by atoms with Gasteiger partial charge < -0.3 is 5.11 Å². The molecule has 1 heterocycles. The van der Waals surface area contributed by atoms with E-state index in [-0.39, 0.29) is 12.4 Å². The van der Waals surface area contributed by atoms with Gasteiger partial charge in [-0.2, -0.15) is 0 Å². The van der Waals surface area contributed by atoms with Crippen molar-refractivity contribution in [1.29, 1.82) is 0 Å². The zero-order valence-electron chi connectivity index (χ0n) is 8.46. The Bertz CT molecular complexity index is 502. The fourth-order valence-electron chi connectivity index (χ4n) is 1.18. The van der Waals surface area contributed by atoms with Crippen LogP contribution in [0.3, 0.4) is 0 Å². The van der Waals surface area contributed by atoms with Crippen LogP contribution in [0.5, 0.6) is 0 Å². The Kier molecular flexibility index (Phi) is 3.16. The predicted octanol–water partition coefficient (Wildman–Crippen LogP) is 0.993. The Morgan fingerprint density at radius 3 is 2.88 bits per heavy atom. The lowest BCUT2D eigenvalue weighted by atomic mass is 10.2. The molecule has 0 saturated carbocycles. The fraction of sp³-hybridized carbons (Fsp3) is 0.222. The lowest BCUT2D eigenvalue weighted by Gasteiger charge is -2.02. The van der Waals surface area contributed by atoms with Crippen LogP contribution in [0, 0.1) is 5.82 Å². The predicted molar refractivity (Wildman–Crippen MR) is 55.2 cm³/mol. The summed E-state index contributed by atoms with van der Waals surface area (Å²) in [6.45, 7) is -0.192. The molecular weight excluding hydrogens is 231 g/mol. The Morgan fingerprint density at radius 1 is 1.44 bits per heavy atom. The van der Waals surface area contributed by atoms with Gasteiger partial charge >= 0.3 is 0 Å². The molecule has 0 aliphatic rings. The summed E-state index contributed by atoms with van der Waals surface area (Å²) in [7, 11) is 1.70. The van der Waals surface area contributed by atoms with Crippen molar-refractivity contribution in [3.8, 4) is 0 Å². The van der Waals surface area contributed by atoms with Crippen molar-refractivity contribution in [3.05, 3.63) is 29.6 Å². The third-order valence-corrected chi connectivity index (χ3v) is 2.90. The number of benzene rings is 1. The maximum absolute atomic E-state index is 13.2. The van der Waals surface area contributed by atoms with Crippen LogP contribution in [0.15, 0.2) is 28.3 Å². The van der Waals surface area contributed by atoms with E-state index in [9.17, 15) is 4.39 Å². The molecule has 0 bridgehead atoms. The largest absolute Gasteiger partial charge is 0.392 e. The zero-order chi connectivity index (χ0) is 11.5. The van der Waals surface area contributed by atoms with Crippen molar-refractivity contribution >= 4 is 11.8 Å². The fourth-order valence-corrected chi connectivity index (χ4v) is 2.02. The van der Waals surface area contributed by atoms with Crippen molar-refractivity contribution in [2.24, 2.45) is 7.05 Å². The molecule has 0 atom stereocenters. The van der Waals surface area contributed by atoms with E-state index >= 15 is 0 Å². The van der Waals surface area contributed by atoms with Gasteiger partial charge in [0.2, 0.25) is 5.16 Å². The lowest BCUT2D eigenvalue weighted by molar-refractivity contribution is 0.281. The van der Waals surface area contributed by atoms with Gasteiger partial charge in [-0.05, 0) is 46.0 Å². The monoisotopic (exact) mass is 240 g/mol. The highest BCUT2D eigenvalue weighted by Gasteiger charge is 2.07. The van der Waals surface area contributed by atoms with Gasteiger partial charge in [-0.3, -0.25) is 0 Å². The lowest BCUT2D eigenvalue weighted by Crippen LogP contribution is -1.93. The van der Waals surface area contributed by atoms with E-state index in [2.05, 4.69) is 15.5 Å². The summed E-state index contributed by atoms with van der Waals surface area (Å²) >= 11 is 1.24. The topological polar surface area (TPSA) is 63.8 Å². The summed E-state index contributed by atoms with van der Waals surface area (Å²) in [5, 5.41) is 20.4. The molecule has 0 radical (unpaired) electrons. The number of tetrazole rings is 1. The normalized spacial score (nSPS) is 10.7. The second-order valence-corrected chi connectivity index (χ2v) is 4.18. The van der Waals surface area contributed by atoms with E-state index in [1.54, 1.807) is 13.1 Å². The van der Waals surface area contributed by atoms with Crippen LogP contribution in [0.25, 0.3) is 0 Å².